The van der Waals surface area contributed by atoms with Gasteiger partial charge in [-0.05, 0) is 25.5 Å². The molecule has 0 atom stereocenters. The topological polar surface area (TPSA) is 22.0 Å². The minimum Gasteiger partial charge on any atom is -0.308 e. The van der Waals surface area contributed by atoms with Crippen LogP contribution in [0.2, 0.25) is 0 Å². The highest BCUT2D eigenvalue weighted by Gasteiger charge is 2.08. The molecule has 1 aromatic heterocycles. The largest absolute Gasteiger partial charge is 0.308 e. The zero-order chi connectivity index (χ0) is 13.1. The van der Waals surface area contributed by atoms with Gasteiger partial charge in [-0.3, -0.25) is 4.79 Å². The molecule has 0 aliphatic rings. The van der Waals surface area contributed by atoms with Gasteiger partial charge in [-0.2, -0.15) is 0 Å². The molecule has 0 saturated heterocycles. The molecule has 2 nitrogen and oxygen atoms in total. The second-order valence-corrected chi connectivity index (χ2v) is 4.56. The predicted octanol–water partition coefficient (Wildman–Crippen LogP) is 3.58. The molecule has 0 bridgehead atoms. The summed E-state index contributed by atoms with van der Waals surface area (Å²) in [4.78, 5) is 12.2. The fourth-order valence-electron chi connectivity index (χ4n) is 2.02. The van der Waals surface area contributed by atoms with E-state index in [4.69, 9.17) is 11.6 Å². The maximum atomic E-state index is 12.2. The van der Waals surface area contributed by atoms with E-state index >= 15 is 0 Å². The van der Waals surface area contributed by atoms with Crippen LogP contribution in [0.4, 0.5) is 0 Å². The Morgan fingerprint density at radius 2 is 1.78 bits per heavy atom. The molecule has 94 valence electrons. The Hall–Kier alpha value is -1.54. The van der Waals surface area contributed by atoms with Crippen LogP contribution in [0, 0.1) is 6.92 Å². The number of halogens is 1. The number of rotatable bonds is 3. The van der Waals surface area contributed by atoms with Gasteiger partial charge in [0.1, 0.15) is 0 Å². The lowest BCUT2D eigenvalue weighted by Crippen LogP contribution is -2.23. The highest BCUT2D eigenvalue weighted by molar-refractivity contribution is 6.17. The van der Waals surface area contributed by atoms with Crippen LogP contribution in [0.25, 0.3) is 11.3 Å². The van der Waals surface area contributed by atoms with Crippen molar-refractivity contribution < 1.29 is 0 Å². The zero-order valence-corrected chi connectivity index (χ0v) is 11.4. The Labute approximate surface area is 112 Å². The van der Waals surface area contributed by atoms with Gasteiger partial charge >= 0.3 is 0 Å². The van der Waals surface area contributed by atoms with Gasteiger partial charge in [-0.1, -0.05) is 35.9 Å². The summed E-state index contributed by atoms with van der Waals surface area (Å²) in [6, 6.07) is 12.0. The minimum atomic E-state index is 0.00516. The normalized spacial score (nSPS) is 10.6. The van der Waals surface area contributed by atoms with E-state index in [0.717, 1.165) is 11.3 Å². The molecule has 0 N–H and O–H groups in total. The number of hydrogen-bond acceptors (Lipinski definition) is 1. The molecule has 0 aliphatic carbocycles. The van der Waals surface area contributed by atoms with Crippen molar-refractivity contribution in [3.63, 3.8) is 0 Å². The summed E-state index contributed by atoms with van der Waals surface area (Å²) in [6.45, 7) is 4.66. The van der Waals surface area contributed by atoms with Crippen LogP contribution in [0.1, 0.15) is 18.1 Å². The number of hydrogen-bond donors (Lipinski definition) is 0. The fourth-order valence-corrected chi connectivity index (χ4v) is 2.22. The molecule has 3 heteroatoms. The second-order valence-electron chi connectivity index (χ2n) is 4.29. The molecule has 0 radical (unpaired) electrons. The molecule has 0 spiro atoms. The van der Waals surface area contributed by atoms with Gasteiger partial charge in [0.2, 0.25) is 0 Å². The molecule has 0 fully saturated rings. The van der Waals surface area contributed by atoms with Crippen molar-refractivity contribution in [1.82, 2.24) is 4.57 Å². The first-order valence-electron chi connectivity index (χ1n) is 6.03. The van der Waals surface area contributed by atoms with E-state index in [2.05, 4.69) is 12.1 Å². The van der Waals surface area contributed by atoms with Crippen molar-refractivity contribution >= 4 is 11.6 Å². The van der Waals surface area contributed by atoms with E-state index in [1.54, 1.807) is 4.57 Å². The van der Waals surface area contributed by atoms with Crippen LogP contribution in [0.5, 0.6) is 0 Å². The molecule has 1 heterocycles. The number of pyridine rings is 1. The number of alkyl halides is 1. The number of nitrogens with zero attached hydrogens (tertiary/aromatic N) is 1. The van der Waals surface area contributed by atoms with Crippen molar-refractivity contribution in [2.24, 2.45) is 0 Å². The predicted molar refractivity (Wildman–Crippen MR) is 76.1 cm³/mol. The standard InChI is InChI=1S/C15H16ClNO/c1-3-17-14(9-8-13(10-16)15(17)18)12-6-4-11(2)5-7-12/h4-9H,3,10H2,1-2H3. The smallest absolute Gasteiger partial charge is 0.255 e. The molecular formula is C15H16ClNO. The molecule has 2 aromatic rings. The van der Waals surface area contributed by atoms with Gasteiger partial charge in [-0.15, -0.1) is 11.6 Å². The molecule has 2 rings (SSSR count). The van der Waals surface area contributed by atoms with Crippen LogP contribution < -0.4 is 5.56 Å². The summed E-state index contributed by atoms with van der Waals surface area (Å²) >= 11 is 5.77. The monoisotopic (exact) mass is 261 g/mol. The highest BCUT2D eigenvalue weighted by Crippen LogP contribution is 2.19. The van der Waals surface area contributed by atoms with Crippen molar-refractivity contribution in [3.05, 3.63) is 57.9 Å². The zero-order valence-electron chi connectivity index (χ0n) is 10.6. The highest BCUT2D eigenvalue weighted by atomic mass is 35.5. The number of aryl methyl sites for hydroxylation is 1. The van der Waals surface area contributed by atoms with Crippen LogP contribution >= 0.6 is 11.6 Å². The quantitative estimate of drug-likeness (QED) is 0.774. The van der Waals surface area contributed by atoms with Crippen molar-refractivity contribution in [1.29, 1.82) is 0 Å². The summed E-state index contributed by atoms with van der Waals surface area (Å²) in [5.41, 5.74) is 3.86. The summed E-state index contributed by atoms with van der Waals surface area (Å²) in [6.07, 6.45) is 0. The van der Waals surface area contributed by atoms with Gasteiger partial charge in [0.15, 0.2) is 0 Å². The van der Waals surface area contributed by atoms with Gasteiger partial charge in [0.05, 0.1) is 11.6 Å². The molecule has 0 amide bonds. The Kier molecular flexibility index (Phi) is 3.87. The molecular weight excluding hydrogens is 246 g/mol. The number of aromatic nitrogens is 1. The first-order chi connectivity index (χ1) is 8.67. The van der Waals surface area contributed by atoms with E-state index < -0.39 is 0 Å². The Morgan fingerprint density at radius 3 is 2.33 bits per heavy atom. The van der Waals surface area contributed by atoms with Crippen LogP contribution in [-0.4, -0.2) is 4.57 Å². The third-order valence-electron chi connectivity index (χ3n) is 3.06. The second kappa shape index (κ2) is 5.40. The van der Waals surface area contributed by atoms with Crippen LogP contribution in [0.15, 0.2) is 41.2 Å². The maximum Gasteiger partial charge on any atom is 0.255 e. The Morgan fingerprint density at radius 1 is 1.11 bits per heavy atom. The fraction of sp³-hybridized carbons (Fsp3) is 0.267. The third kappa shape index (κ3) is 2.34. The Bertz CT molecular complexity index is 599. The molecule has 18 heavy (non-hydrogen) atoms. The van der Waals surface area contributed by atoms with E-state index in [-0.39, 0.29) is 11.4 Å². The van der Waals surface area contributed by atoms with Crippen molar-refractivity contribution in [3.8, 4) is 11.3 Å². The van der Waals surface area contributed by atoms with Gasteiger partial charge in [-0.25, -0.2) is 0 Å². The van der Waals surface area contributed by atoms with E-state index in [1.165, 1.54) is 5.56 Å². The van der Waals surface area contributed by atoms with Crippen molar-refractivity contribution in [2.75, 3.05) is 0 Å². The SMILES string of the molecule is CCn1c(-c2ccc(C)cc2)ccc(CCl)c1=O. The van der Waals surface area contributed by atoms with E-state index in [0.29, 0.717) is 12.1 Å². The van der Waals surface area contributed by atoms with Gasteiger partial charge in [0, 0.05) is 12.1 Å². The summed E-state index contributed by atoms with van der Waals surface area (Å²) in [5, 5.41) is 0. The first-order valence-corrected chi connectivity index (χ1v) is 6.56. The van der Waals surface area contributed by atoms with E-state index in [9.17, 15) is 4.79 Å². The lowest BCUT2D eigenvalue weighted by molar-refractivity contribution is 0.728. The first kappa shape index (κ1) is 12.9. The van der Waals surface area contributed by atoms with Crippen LogP contribution in [0.3, 0.4) is 0 Å². The Balaban J connectivity index is 2.61. The van der Waals surface area contributed by atoms with Crippen molar-refractivity contribution in [2.45, 2.75) is 26.3 Å². The lowest BCUT2D eigenvalue weighted by Gasteiger charge is -2.12. The maximum absolute atomic E-state index is 12.2. The average molecular weight is 262 g/mol. The summed E-state index contributed by atoms with van der Waals surface area (Å²) in [7, 11) is 0. The number of benzene rings is 1. The third-order valence-corrected chi connectivity index (χ3v) is 3.35. The molecule has 0 aliphatic heterocycles. The molecule has 0 unspecified atom stereocenters. The lowest BCUT2D eigenvalue weighted by atomic mass is 10.1. The average Bonchev–Trinajstić information content (AvgIpc) is 2.39. The van der Waals surface area contributed by atoms with Gasteiger partial charge < -0.3 is 4.57 Å². The van der Waals surface area contributed by atoms with Gasteiger partial charge in [0.25, 0.3) is 5.56 Å². The minimum absolute atomic E-state index is 0.00516. The molecule has 0 saturated carbocycles. The molecule has 1 aromatic carbocycles. The van der Waals surface area contributed by atoms with Crippen LogP contribution in [-0.2, 0) is 12.4 Å². The summed E-state index contributed by atoms with van der Waals surface area (Å²) < 4.78 is 1.77. The van der Waals surface area contributed by atoms with E-state index in [1.807, 2.05) is 38.1 Å². The summed E-state index contributed by atoms with van der Waals surface area (Å²) in [5.74, 6) is 0.257.